The first-order valence-electron chi connectivity index (χ1n) is 5.40. The summed E-state index contributed by atoms with van der Waals surface area (Å²) in [6.45, 7) is 15.0. The fourth-order valence-corrected chi connectivity index (χ4v) is 1.45. The van der Waals surface area contributed by atoms with Crippen LogP contribution in [-0.2, 0) is 4.74 Å². The smallest absolute Gasteiger partial charge is 0.0886 e. The molecule has 14 heavy (non-hydrogen) atoms. The summed E-state index contributed by atoms with van der Waals surface area (Å²) >= 11 is 0. The van der Waals surface area contributed by atoms with Crippen LogP contribution in [0.3, 0.4) is 0 Å². The predicted molar refractivity (Wildman–Crippen MR) is 60.3 cm³/mol. The molecule has 0 amide bonds. The molecule has 2 unspecified atom stereocenters. The van der Waals surface area contributed by atoms with Gasteiger partial charge in [0.05, 0.1) is 12.2 Å². The Bertz CT molecular complexity index is 162. The molecule has 2 atom stereocenters. The molecule has 0 fully saturated rings. The minimum atomic E-state index is -0.428. The summed E-state index contributed by atoms with van der Waals surface area (Å²) in [5, 5.41) is 10.2. The minimum Gasteiger partial charge on any atom is -0.390 e. The number of hydrogen-bond acceptors (Lipinski definition) is 2. The third-order valence-corrected chi connectivity index (χ3v) is 2.37. The molecule has 0 radical (unpaired) electrons. The minimum absolute atomic E-state index is 0.0251. The van der Waals surface area contributed by atoms with Crippen LogP contribution in [0, 0.1) is 10.8 Å². The first kappa shape index (κ1) is 13.9. The summed E-state index contributed by atoms with van der Waals surface area (Å²) in [5.41, 5.74) is -0.157. The van der Waals surface area contributed by atoms with Gasteiger partial charge < -0.3 is 9.84 Å². The monoisotopic (exact) mass is 202 g/mol. The van der Waals surface area contributed by atoms with E-state index in [4.69, 9.17) is 4.74 Å². The average molecular weight is 202 g/mol. The second-order valence-corrected chi connectivity index (χ2v) is 6.05. The third kappa shape index (κ3) is 3.97. The Hall–Kier alpha value is -0.0800. The molecule has 2 nitrogen and oxygen atoms in total. The normalized spacial score (nSPS) is 18.0. The van der Waals surface area contributed by atoms with Crippen LogP contribution >= 0.6 is 0 Å². The highest BCUT2D eigenvalue weighted by Crippen LogP contribution is 2.33. The first-order chi connectivity index (χ1) is 6.10. The Labute approximate surface area is 88.7 Å². The quantitative estimate of drug-likeness (QED) is 0.762. The number of ether oxygens (including phenoxy) is 1. The largest absolute Gasteiger partial charge is 0.390 e. The van der Waals surface area contributed by atoms with E-state index in [1.54, 1.807) is 0 Å². The zero-order valence-corrected chi connectivity index (χ0v) is 10.7. The molecule has 0 aliphatic carbocycles. The van der Waals surface area contributed by atoms with E-state index >= 15 is 0 Å². The molecule has 0 aromatic heterocycles. The molecule has 0 saturated carbocycles. The molecule has 0 aromatic carbocycles. The van der Waals surface area contributed by atoms with Crippen LogP contribution in [-0.4, -0.2) is 23.9 Å². The molecule has 0 aliphatic rings. The number of hydrogen-bond donors (Lipinski definition) is 1. The highest BCUT2D eigenvalue weighted by molar-refractivity contribution is 4.88. The van der Waals surface area contributed by atoms with Crippen molar-refractivity contribution >= 4 is 0 Å². The maximum absolute atomic E-state index is 10.2. The molecule has 0 aliphatic heterocycles. The summed E-state index contributed by atoms with van der Waals surface area (Å²) < 4.78 is 5.64. The number of rotatable bonds is 3. The lowest BCUT2D eigenvalue weighted by Crippen LogP contribution is -2.46. The van der Waals surface area contributed by atoms with Crippen LogP contribution < -0.4 is 0 Å². The second-order valence-electron chi connectivity index (χ2n) is 6.05. The van der Waals surface area contributed by atoms with Gasteiger partial charge in [-0.25, -0.2) is 0 Å². The topological polar surface area (TPSA) is 29.5 Å². The molecular weight excluding hydrogens is 176 g/mol. The van der Waals surface area contributed by atoms with Crippen molar-refractivity contribution in [1.82, 2.24) is 0 Å². The molecule has 0 aromatic rings. The van der Waals surface area contributed by atoms with Crippen molar-refractivity contribution in [1.29, 1.82) is 0 Å². The van der Waals surface area contributed by atoms with Crippen LogP contribution in [0.15, 0.2) is 0 Å². The van der Waals surface area contributed by atoms with Gasteiger partial charge in [0.15, 0.2) is 0 Å². The molecule has 1 N–H and O–H groups in total. The molecule has 86 valence electrons. The lowest BCUT2D eigenvalue weighted by atomic mass is 9.76. The zero-order chi connectivity index (χ0) is 11.6. The molecule has 0 spiro atoms. The predicted octanol–water partition coefficient (Wildman–Crippen LogP) is 2.84. The number of aliphatic hydroxyl groups is 1. The van der Waals surface area contributed by atoms with Crippen molar-refractivity contribution in [2.45, 2.75) is 60.7 Å². The summed E-state index contributed by atoms with van der Waals surface area (Å²) in [6.07, 6.45) is -0.532. The van der Waals surface area contributed by atoms with Gasteiger partial charge in [-0.3, -0.25) is 0 Å². The molecular formula is C12H26O2. The van der Waals surface area contributed by atoms with E-state index in [2.05, 4.69) is 20.8 Å². The third-order valence-electron chi connectivity index (χ3n) is 2.37. The van der Waals surface area contributed by atoms with E-state index < -0.39 is 6.10 Å². The van der Waals surface area contributed by atoms with Gasteiger partial charge in [-0.15, -0.1) is 0 Å². The maximum Gasteiger partial charge on any atom is 0.0886 e. The summed E-state index contributed by atoms with van der Waals surface area (Å²) in [6, 6.07) is 0. The number of aliphatic hydroxyl groups excluding tert-OH is 1. The maximum atomic E-state index is 10.2. The molecule has 0 rings (SSSR count). The fourth-order valence-electron chi connectivity index (χ4n) is 1.45. The SMILES string of the molecule is CCOC(C(O)C(C)(C)C)C(C)(C)C. The summed E-state index contributed by atoms with van der Waals surface area (Å²) in [4.78, 5) is 0. The second kappa shape index (κ2) is 4.63. The van der Waals surface area contributed by atoms with E-state index in [1.807, 2.05) is 27.7 Å². The Balaban J connectivity index is 4.67. The Morgan fingerprint density at radius 3 is 1.64 bits per heavy atom. The Kier molecular flexibility index (Phi) is 4.60. The highest BCUT2D eigenvalue weighted by Gasteiger charge is 2.38. The van der Waals surface area contributed by atoms with Crippen LogP contribution in [0.2, 0.25) is 0 Å². The molecule has 0 bridgehead atoms. The highest BCUT2D eigenvalue weighted by atomic mass is 16.5. The van der Waals surface area contributed by atoms with Crippen LogP contribution in [0.1, 0.15) is 48.5 Å². The van der Waals surface area contributed by atoms with E-state index in [1.165, 1.54) is 0 Å². The van der Waals surface area contributed by atoms with E-state index in [0.717, 1.165) is 0 Å². The van der Waals surface area contributed by atoms with Gasteiger partial charge in [0.1, 0.15) is 0 Å². The fraction of sp³-hybridized carbons (Fsp3) is 1.00. The lowest BCUT2D eigenvalue weighted by Gasteiger charge is -2.40. The Morgan fingerprint density at radius 1 is 1.00 bits per heavy atom. The summed E-state index contributed by atoms with van der Waals surface area (Å²) in [5.74, 6) is 0. The van der Waals surface area contributed by atoms with Crippen LogP contribution in [0.4, 0.5) is 0 Å². The van der Waals surface area contributed by atoms with Gasteiger partial charge in [-0.2, -0.15) is 0 Å². The van der Waals surface area contributed by atoms with Gasteiger partial charge in [0.25, 0.3) is 0 Å². The summed E-state index contributed by atoms with van der Waals surface area (Å²) in [7, 11) is 0. The van der Waals surface area contributed by atoms with Crippen molar-refractivity contribution in [3.05, 3.63) is 0 Å². The van der Waals surface area contributed by atoms with Crippen molar-refractivity contribution in [2.75, 3.05) is 6.61 Å². The molecule has 0 saturated heterocycles. The van der Waals surface area contributed by atoms with E-state index in [-0.39, 0.29) is 16.9 Å². The standard InChI is InChI=1S/C12H26O2/c1-8-14-10(12(5,6)7)9(13)11(2,3)4/h9-10,13H,8H2,1-7H3. The van der Waals surface area contributed by atoms with Gasteiger partial charge in [0.2, 0.25) is 0 Å². The average Bonchev–Trinajstić information content (AvgIpc) is 1.94. The van der Waals surface area contributed by atoms with Gasteiger partial charge in [-0.1, -0.05) is 41.5 Å². The lowest BCUT2D eigenvalue weighted by molar-refractivity contribution is -0.124. The Morgan fingerprint density at radius 2 is 1.43 bits per heavy atom. The molecule has 0 heterocycles. The van der Waals surface area contributed by atoms with Crippen molar-refractivity contribution < 1.29 is 9.84 Å². The van der Waals surface area contributed by atoms with Gasteiger partial charge in [0, 0.05) is 6.61 Å². The van der Waals surface area contributed by atoms with Crippen LogP contribution in [0.5, 0.6) is 0 Å². The molecule has 2 heteroatoms. The van der Waals surface area contributed by atoms with Gasteiger partial charge in [-0.05, 0) is 17.8 Å². The van der Waals surface area contributed by atoms with E-state index in [0.29, 0.717) is 6.61 Å². The van der Waals surface area contributed by atoms with Crippen molar-refractivity contribution in [2.24, 2.45) is 10.8 Å². The van der Waals surface area contributed by atoms with E-state index in [9.17, 15) is 5.11 Å². The van der Waals surface area contributed by atoms with Gasteiger partial charge >= 0.3 is 0 Å². The zero-order valence-electron chi connectivity index (χ0n) is 10.7. The van der Waals surface area contributed by atoms with Crippen molar-refractivity contribution in [3.8, 4) is 0 Å². The first-order valence-corrected chi connectivity index (χ1v) is 5.40. The van der Waals surface area contributed by atoms with Crippen LogP contribution in [0.25, 0.3) is 0 Å². The van der Waals surface area contributed by atoms with Crippen molar-refractivity contribution in [3.63, 3.8) is 0 Å².